The fraction of sp³-hybridized carbons (Fsp3) is 0.600. The second-order valence-corrected chi connectivity index (χ2v) is 4.19. The van der Waals surface area contributed by atoms with Crippen LogP contribution in [0.4, 0.5) is 0 Å². The van der Waals surface area contributed by atoms with E-state index in [-0.39, 0.29) is 0 Å². The zero-order valence-corrected chi connectivity index (χ0v) is 9.52. The van der Waals surface area contributed by atoms with E-state index in [9.17, 15) is 10.2 Å². The second kappa shape index (κ2) is 5.17. The molecule has 0 heterocycles. The summed E-state index contributed by atoms with van der Waals surface area (Å²) in [5.41, 5.74) is 0.480. The lowest BCUT2D eigenvalue weighted by Gasteiger charge is -2.23. The molecule has 0 bridgehead atoms. The number of aliphatic hydroxyl groups excluding tert-OH is 2. The first-order chi connectivity index (χ1) is 6.57. The topological polar surface area (TPSA) is 40.5 Å². The van der Waals surface area contributed by atoms with Crippen molar-refractivity contribution >= 4 is 23.2 Å². The predicted octanol–water partition coefficient (Wildman–Crippen LogP) is 2.53. The molecule has 0 unspecified atom stereocenters. The number of aliphatic hydroxyl groups is 2. The third-order valence-electron chi connectivity index (χ3n) is 2.32. The summed E-state index contributed by atoms with van der Waals surface area (Å²) in [6, 6.07) is 0. The van der Waals surface area contributed by atoms with Crippen molar-refractivity contribution < 1.29 is 10.2 Å². The van der Waals surface area contributed by atoms with Crippen LogP contribution in [-0.2, 0) is 0 Å². The molecular weight excluding hydrogens is 223 g/mol. The highest BCUT2D eigenvalue weighted by molar-refractivity contribution is 6.36. The molecule has 4 heteroatoms. The lowest BCUT2D eigenvalue weighted by molar-refractivity contribution is 0.0409. The standard InChI is InChI=1S/C10H14Cl2O2/c1-2-8(13)10(14)9-6(11)4-3-5-7(9)12/h4,8,10,13-14H,2-3,5H2,1H3/t8-,10+/m0/s1. The molecule has 14 heavy (non-hydrogen) atoms. The Morgan fingerprint density at radius 3 is 2.57 bits per heavy atom. The van der Waals surface area contributed by atoms with Crippen molar-refractivity contribution in [3.63, 3.8) is 0 Å². The van der Waals surface area contributed by atoms with Crippen LogP contribution in [0.15, 0.2) is 21.7 Å². The number of hydrogen-bond acceptors (Lipinski definition) is 2. The molecule has 0 aromatic rings. The van der Waals surface area contributed by atoms with Crippen molar-refractivity contribution in [2.24, 2.45) is 0 Å². The maximum Gasteiger partial charge on any atom is 0.107 e. The van der Waals surface area contributed by atoms with Gasteiger partial charge in [-0.1, -0.05) is 36.2 Å². The SMILES string of the molecule is CC[C@H](O)[C@@H](O)C1=C(Cl)CCC=C1Cl. The Kier molecular flexibility index (Phi) is 4.45. The van der Waals surface area contributed by atoms with Gasteiger partial charge in [-0.25, -0.2) is 0 Å². The first kappa shape index (κ1) is 12.1. The number of allylic oxidation sites excluding steroid dienone is 2. The highest BCUT2D eigenvalue weighted by Crippen LogP contribution is 2.33. The largest absolute Gasteiger partial charge is 0.390 e. The lowest BCUT2D eigenvalue weighted by atomic mass is 9.97. The summed E-state index contributed by atoms with van der Waals surface area (Å²) in [6.07, 6.45) is 1.97. The minimum atomic E-state index is -0.975. The summed E-state index contributed by atoms with van der Waals surface area (Å²) >= 11 is 11.9. The normalized spacial score (nSPS) is 21.9. The van der Waals surface area contributed by atoms with Gasteiger partial charge >= 0.3 is 0 Å². The lowest BCUT2D eigenvalue weighted by Crippen LogP contribution is -2.28. The Balaban J connectivity index is 2.89. The number of halogens is 2. The van der Waals surface area contributed by atoms with Gasteiger partial charge in [-0.2, -0.15) is 0 Å². The number of hydrogen-bond donors (Lipinski definition) is 2. The van der Waals surface area contributed by atoms with Gasteiger partial charge in [0.1, 0.15) is 6.10 Å². The van der Waals surface area contributed by atoms with Crippen LogP contribution in [0.5, 0.6) is 0 Å². The quantitative estimate of drug-likeness (QED) is 0.791. The summed E-state index contributed by atoms with van der Waals surface area (Å²) in [7, 11) is 0. The van der Waals surface area contributed by atoms with Crippen molar-refractivity contribution in [2.45, 2.75) is 38.4 Å². The molecule has 0 aromatic heterocycles. The van der Waals surface area contributed by atoms with Crippen molar-refractivity contribution in [3.05, 3.63) is 21.7 Å². The fourth-order valence-electron chi connectivity index (χ4n) is 1.42. The Morgan fingerprint density at radius 1 is 1.43 bits per heavy atom. The average molecular weight is 237 g/mol. The summed E-state index contributed by atoms with van der Waals surface area (Å²) in [5, 5.41) is 20.3. The minimum absolute atomic E-state index is 0.459. The van der Waals surface area contributed by atoms with E-state index in [4.69, 9.17) is 23.2 Å². The predicted molar refractivity (Wildman–Crippen MR) is 58.4 cm³/mol. The van der Waals surface area contributed by atoms with Crippen molar-refractivity contribution in [3.8, 4) is 0 Å². The highest BCUT2D eigenvalue weighted by Gasteiger charge is 2.25. The van der Waals surface area contributed by atoms with Crippen LogP contribution in [-0.4, -0.2) is 22.4 Å². The zero-order valence-electron chi connectivity index (χ0n) is 8.00. The molecule has 0 saturated carbocycles. The molecule has 2 nitrogen and oxygen atoms in total. The van der Waals surface area contributed by atoms with Crippen LogP contribution in [0.3, 0.4) is 0 Å². The van der Waals surface area contributed by atoms with Gasteiger partial charge in [-0.15, -0.1) is 0 Å². The average Bonchev–Trinajstić information content (AvgIpc) is 2.16. The Hall–Kier alpha value is -0.0200. The van der Waals surface area contributed by atoms with E-state index in [1.165, 1.54) is 0 Å². The summed E-state index contributed by atoms with van der Waals surface area (Å²) < 4.78 is 0. The molecule has 2 N–H and O–H groups in total. The van der Waals surface area contributed by atoms with Gasteiger partial charge in [0.15, 0.2) is 0 Å². The van der Waals surface area contributed by atoms with E-state index in [0.717, 1.165) is 6.42 Å². The second-order valence-electron chi connectivity index (χ2n) is 3.33. The molecule has 0 aromatic carbocycles. The van der Waals surface area contributed by atoms with Crippen LogP contribution in [0.1, 0.15) is 26.2 Å². The molecular formula is C10H14Cl2O2. The first-order valence-corrected chi connectivity index (χ1v) is 5.44. The molecule has 1 rings (SSSR count). The van der Waals surface area contributed by atoms with Gasteiger partial charge in [0.25, 0.3) is 0 Å². The third kappa shape index (κ3) is 2.51. The van der Waals surface area contributed by atoms with E-state index >= 15 is 0 Å². The van der Waals surface area contributed by atoms with Gasteiger partial charge in [0.2, 0.25) is 0 Å². The monoisotopic (exact) mass is 236 g/mol. The molecule has 1 aliphatic carbocycles. The maximum atomic E-state index is 9.77. The van der Waals surface area contributed by atoms with Crippen LogP contribution < -0.4 is 0 Å². The van der Waals surface area contributed by atoms with E-state index in [1.807, 2.05) is 6.08 Å². The molecule has 0 spiro atoms. The molecule has 80 valence electrons. The minimum Gasteiger partial charge on any atom is -0.390 e. The maximum absolute atomic E-state index is 9.77. The van der Waals surface area contributed by atoms with Gasteiger partial charge < -0.3 is 10.2 Å². The first-order valence-electron chi connectivity index (χ1n) is 4.68. The summed E-state index contributed by atoms with van der Waals surface area (Å²) in [6.45, 7) is 1.79. The van der Waals surface area contributed by atoms with Crippen molar-refractivity contribution in [1.29, 1.82) is 0 Å². The van der Waals surface area contributed by atoms with E-state index in [0.29, 0.717) is 28.5 Å². The zero-order chi connectivity index (χ0) is 10.7. The van der Waals surface area contributed by atoms with Crippen LogP contribution >= 0.6 is 23.2 Å². The molecule has 1 aliphatic rings. The van der Waals surface area contributed by atoms with Crippen LogP contribution in [0.2, 0.25) is 0 Å². The van der Waals surface area contributed by atoms with Crippen LogP contribution in [0, 0.1) is 0 Å². The molecule has 2 atom stereocenters. The smallest absolute Gasteiger partial charge is 0.107 e. The van der Waals surface area contributed by atoms with Crippen molar-refractivity contribution in [1.82, 2.24) is 0 Å². The van der Waals surface area contributed by atoms with Crippen molar-refractivity contribution in [2.75, 3.05) is 0 Å². The van der Waals surface area contributed by atoms with E-state index in [2.05, 4.69) is 0 Å². The highest BCUT2D eigenvalue weighted by atomic mass is 35.5. The molecule has 0 fully saturated rings. The molecule has 0 saturated heterocycles. The Morgan fingerprint density at radius 2 is 2.07 bits per heavy atom. The van der Waals surface area contributed by atoms with Gasteiger partial charge in [-0.05, 0) is 19.3 Å². The summed E-state index contributed by atoms with van der Waals surface area (Å²) in [5.74, 6) is 0. The van der Waals surface area contributed by atoms with E-state index < -0.39 is 12.2 Å². The Labute approximate surface area is 93.8 Å². The molecule has 0 radical (unpaired) electrons. The fourth-order valence-corrected chi connectivity index (χ4v) is 2.12. The molecule has 0 amide bonds. The van der Waals surface area contributed by atoms with Gasteiger partial charge in [-0.3, -0.25) is 0 Å². The van der Waals surface area contributed by atoms with Gasteiger partial charge in [0.05, 0.1) is 6.10 Å². The van der Waals surface area contributed by atoms with E-state index in [1.54, 1.807) is 6.92 Å². The van der Waals surface area contributed by atoms with Gasteiger partial charge in [0, 0.05) is 15.6 Å². The van der Waals surface area contributed by atoms with Crippen LogP contribution in [0.25, 0.3) is 0 Å². The number of rotatable bonds is 3. The summed E-state index contributed by atoms with van der Waals surface area (Å²) in [4.78, 5) is 0. The Bertz CT molecular complexity index is 271. The third-order valence-corrected chi connectivity index (χ3v) is 3.07. The molecule has 0 aliphatic heterocycles.